The first-order valence-electron chi connectivity index (χ1n) is 6.14. The van der Waals surface area contributed by atoms with Gasteiger partial charge in [-0.3, -0.25) is 4.79 Å². The van der Waals surface area contributed by atoms with Crippen molar-refractivity contribution in [1.82, 2.24) is 9.88 Å². The van der Waals surface area contributed by atoms with Gasteiger partial charge in [0.25, 0.3) is 5.91 Å². The lowest BCUT2D eigenvalue weighted by Gasteiger charge is -2.15. The van der Waals surface area contributed by atoms with E-state index in [1.807, 2.05) is 36.7 Å². The van der Waals surface area contributed by atoms with Crippen LogP contribution in [0, 0.1) is 5.41 Å². The molecule has 0 aromatic carbocycles. The number of nitrogens with zero attached hydrogens (tertiary/aromatic N) is 1. The van der Waals surface area contributed by atoms with Crippen LogP contribution >= 0.6 is 0 Å². The van der Waals surface area contributed by atoms with Crippen LogP contribution in [-0.4, -0.2) is 28.7 Å². The second-order valence-electron chi connectivity index (χ2n) is 5.24. The van der Waals surface area contributed by atoms with E-state index >= 15 is 0 Å². The third kappa shape index (κ3) is 2.52. The molecule has 1 saturated carbocycles. The maximum absolute atomic E-state index is 12.0. The van der Waals surface area contributed by atoms with E-state index in [-0.39, 0.29) is 24.0 Å². The fourth-order valence-electron chi connectivity index (χ4n) is 1.96. The van der Waals surface area contributed by atoms with Crippen LogP contribution in [0.25, 0.3) is 0 Å². The lowest BCUT2D eigenvalue weighted by atomic mass is 10.1. The molecule has 2 rings (SSSR count). The van der Waals surface area contributed by atoms with Gasteiger partial charge >= 0.3 is 0 Å². The van der Waals surface area contributed by atoms with Crippen molar-refractivity contribution in [2.45, 2.75) is 32.7 Å². The summed E-state index contributed by atoms with van der Waals surface area (Å²) in [6.45, 7) is 4.84. The monoisotopic (exact) mass is 236 g/mol. The fraction of sp³-hybridized carbons (Fsp3) is 0.615. The molecule has 1 fully saturated rings. The summed E-state index contributed by atoms with van der Waals surface area (Å²) in [5, 5.41) is 12.1. The molecule has 1 aromatic heterocycles. The SMILES string of the molecule is CC(C)n1cccc1C(=O)NCC1(CO)CC1. The number of amides is 1. The Morgan fingerprint density at radius 2 is 2.29 bits per heavy atom. The van der Waals surface area contributed by atoms with Crippen LogP contribution in [0.1, 0.15) is 43.2 Å². The molecule has 94 valence electrons. The van der Waals surface area contributed by atoms with Gasteiger partial charge in [-0.05, 0) is 38.8 Å². The maximum atomic E-state index is 12.0. The van der Waals surface area contributed by atoms with Gasteiger partial charge in [0.1, 0.15) is 5.69 Å². The van der Waals surface area contributed by atoms with Crippen molar-refractivity contribution in [1.29, 1.82) is 0 Å². The molecule has 1 amide bonds. The van der Waals surface area contributed by atoms with Crippen molar-refractivity contribution in [3.63, 3.8) is 0 Å². The molecule has 17 heavy (non-hydrogen) atoms. The summed E-state index contributed by atoms with van der Waals surface area (Å²) in [5.74, 6) is -0.0524. The molecule has 0 unspecified atom stereocenters. The van der Waals surface area contributed by atoms with Crippen LogP contribution in [0.15, 0.2) is 18.3 Å². The minimum absolute atomic E-state index is 0.0368. The number of carbonyl (C=O) groups is 1. The summed E-state index contributed by atoms with van der Waals surface area (Å²) in [6.07, 6.45) is 3.93. The molecule has 4 nitrogen and oxygen atoms in total. The summed E-state index contributed by atoms with van der Waals surface area (Å²) in [6, 6.07) is 3.99. The lowest BCUT2D eigenvalue weighted by Crippen LogP contribution is -2.33. The van der Waals surface area contributed by atoms with E-state index in [2.05, 4.69) is 5.32 Å². The summed E-state index contributed by atoms with van der Waals surface area (Å²) in [5.41, 5.74) is 0.652. The first-order chi connectivity index (χ1) is 8.08. The Balaban J connectivity index is 1.97. The summed E-state index contributed by atoms with van der Waals surface area (Å²) >= 11 is 0. The molecule has 1 aromatic rings. The lowest BCUT2D eigenvalue weighted by molar-refractivity contribution is 0.0924. The van der Waals surface area contributed by atoms with Crippen LogP contribution in [0.3, 0.4) is 0 Å². The number of hydrogen-bond acceptors (Lipinski definition) is 2. The molecule has 1 aliphatic rings. The van der Waals surface area contributed by atoms with Gasteiger partial charge in [0.2, 0.25) is 0 Å². The minimum Gasteiger partial charge on any atom is -0.396 e. The maximum Gasteiger partial charge on any atom is 0.267 e. The van der Waals surface area contributed by atoms with Crippen LogP contribution < -0.4 is 5.32 Å². The molecule has 1 heterocycles. The molecule has 2 N–H and O–H groups in total. The standard InChI is InChI=1S/C13H20N2O2/c1-10(2)15-7-3-4-11(15)12(17)14-8-13(9-16)5-6-13/h3-4,7,10,16H,5-6,8-9H2,1-2H3,(H,14,17). The number of rotatable bonds is 5. The zero-order valence-corrected chi connectivity index (χ0v) is 10.4. The van der Waals surface area contributed by atoms with E-state index < -0.39 is 0 Å². The van der Waals surface area contributed by atoms with Gasteiger partial charge in [0.05, 0.1) is 6.61 Å². The summed E-state index contributed by atoms with van der Waals surface area (Å²) in [4.78, 5) is 12.0. The highest BCUT2D eigenvalue weighted by molar-refractivity contribution is 5.92. The zero-order valence-electron chi connectivity index (χ0n) is 10.4. The molecule has 0 bridgehead atoms. The summed E-state index contributed by atoms with van der Waals surface area (Å²) in [7, 11) is 0. The van der Waals surface area contributed by atoms with Gasteiger partial charge in [-0.25, -0.2) is 0 Å². The molecule has 1 aliphatic carbocycles. The Hall–Kier alpha value is -1.29. The topological polar surface area (TPSA) is 54.3 Å². The van der Waals surface area contributed by atoms with Crippen molar-refractivity contribution in [3.8, 4) is 0 Å². The van der Waals surface area contributed by atoms with Crippen molar-refractivity contribution in [2.75, 3.05) is 13.2 Å². The number of aliphatic hydroxyl groups is 1. The average Bonchev–Trinajstić information content (AvgIpc) is 2.91. The zero-order chi connectivity index (χ0) is 12.5. The van der Waals surface area contributed by atoms with Gasteiger partial charge in [-0.2, -0.15) is 0 Å². The predicted molar refractivity (Wildman–Crippen MR) is 65.9 cm³/mol. The van der Waals surface area contributed by atoms with Crippen LogP contribution in [0.4, 0.5) is 0 Å². The van der Waals surface area contributed by atoms with Gasteiger partial charge in [0.15, 0.2) is 0 Å². The molecule has 0 radical (unpaired) electrons. The predicted octanol–water partition coefficient (Wildman–Crippen LogP) is 1.57. The molecule has 0 atom stereocenters. The molecule has 4 heteroatoms. The van der Waals surface area contributed by atoms with Crippen molar-refractivity contribution in [3.05, 3.63) is 24.0 Å². The largest absolute Gasteiger partial charge is 0.396 e. The second-order valence-corrected chi connectivity index (χ2v) is 5.24. The number of carbonyl (C=O) groups excluding carboxylic acids is 1. The van der Waals surface area contributed by atoms with Gasteiger partial charge in [-0.15, -0.1) is 0 Å². The number of aromatic nitrogens is 1. The van der Waals surface area contributed by atoms with E-state index in [9.17, 15) is 9.90 Å². The van der Waals surface area contributed by atoms with Crippen molar-refractivity contribution in [2.24, 2.45) is 5.41 Å². The Bertz CT molecular complexity index is 405. The number of aliphatic hydroxyl groups excluding tert-OH is 1. The molecule has 0 aliphatic heterocycles. The first kappa shape index (κ1) is 12.2. The van der Waals surface area contributed by atoms with Crippen LogP contribution in [0.5, 0.6) is 0 Å². The van der Waals surface area contributed by atoms with Gasteiger partial charge < -0.3 is 15.0 Å². The molecule has 0 saturated heterocycles. The van der Waals surface area contributed by atoms with Crippen molar-refractivity contribution >= 4 is 5.91 Å². The highest BCUT2D eigenvalue weighted by Crippen LogP contribution is 2.44. The normalized spacial score (nSPS) is 17.2. The molecular formula is C13H20N2O2. The quantitative estimate of drug-likeness (QED) is 0.815. The van der Waals surface area contributed by atoms with E-state index in [1.54, 1.807) is 0 Å². The summed E-state index contributed by atoms with van der Waals surface area (Å²) < 4.78 is 1.95. The number of hydrogen-bond donors (Lipinski definition) is 2. The Morgan fingerprint density at radius 1 is 1.59 bits per heavy atom. The van der Waals surface area contributed by atoms with E-state index in [4.69, 9.17) is 0 Å². The highest BCUT2D eigenvalue weighted by atomic mass is 16.3. The second kappa shape index (κ2) is 4.53. The van der Waals surface area contributed by atoms with E-state index in [1.165, 1.54) is 0 Å². The van der Waals surface area contributed by atoms with Gasteiger partial charge in [-0.1, -0.05) is 0 Å². The van der Waals surface area contributed by atoms with Crippen molar-refractivity contribution < 1.29 is 9.90 Å². The average molecular weight is 236 g/mol. The Kier molecular flexibility index (Phi) is 3.24. The highest BCUT2D eigenvalue weighted by Gasteiger charge is 2.42. The molecule has 0 spiro atoms. The third-order valence-corrected chi connectivity index (χ3v) is 3.48. The smallest absolute Gasteiger partial charge is 0.267 e. The van der Waals surface area contributed by atoms with Gasteiger partial charge in [0, 0.05) is 24.2 Å². The Labute approximate surface area is 102 Å². The van der Waals surface area contributed by atoms with E-state index in [0.29, 0.717) is 12.2 Å². The van der Waals surface area contributed by atoms with Crippen LogP contribution in [0.2, 0.25) is 0 Å². The first-order valence-corrected chi connectivity index (χ1v) is 6.14. The number of nitrogens with one attached hydrogen (secondary N) is 1. The van der Waals surface area contributed by atoms with Crippen LogP contribution in [-0.2, 0) is 0 Å². The third-order valence-electron chi connectivity index (χ3n) is 3.48. The molecular weight excluding hydrogens is 216 g/mol. The fourth-order valence-corrected chi connectivity index (χ4v) is 1.96. The Morgan fingerprint density at radius 3 is 2.82 bits per heavy atom. The van der Waals surface area contributed by atoms with E-state index in [0.717, 1.165) is 12.8 Å². The minimum atomic E-state index is -0.0524.